The second-order valence-corrected chi connectivity index (χ2v) is 3.41. The van der Waals surface area contributed by atoms with E-state index in [9.17, 15) is 13.2 Å². The summed E-state index contributed by atoms with van der Waals surface area (Å²) in [5.41, 5.74) is 0.290. The molecule has 0 saturated carbocycles. The first-order chi connectivity index (χ1) is 7.52. The molecule has 0 aliphatic carbocycles. The third-order valence-electron chi connectivity index (χ3n) is 2.31. The molecule has 0 aromatic carbocycles. The summed E-state index contributed by atoms with van der Waals surface area (Å²) in [4.78, 5) is 3.78. The van der Waals surface area contributed by atoms with Gasteiger partial charge in [-0.05, 0) is 18.1 Å². The van der Waals surface area contributed by atoms with Crippen LogP contribution in [0.25, 0.3) is 5.52 Å². The third kappa shape index (κ3) is 1.88. The molecular weight excluding hydrogens is 221 g/mol. The number of imidazole rings is 1. The Hall–Kier alpha value is -1.56. The zero-order valence-electron chi connectivity index (χ0n) is 8.20. The summed E-state index contributed by atoms with van der Waals surface area (Å²) in [6, 6.07) is 1.05. The summed E-state index contributed by atoms with van der Waals surface area (Å²) in [6.07, 6.45) is -0.429. The highest BCUT2D eigenvalue weighted by molar-refractivity contribution is 5.54. The fourth-order valence-electron chi connectivity index (χ4n) is 1.58. The molecule has 0 fully saturated rings. The average molecular weight is 230 g/mol. The van der Waals surface area contributed by atoms with Crippen LogP contribution in [0.3, 0.4) is 0 Å². The van der Waals surface area contributed by atoms with Crippen LogP contribution in [0, 0.1) is 0 Å². The van der Waals surface area contributed by atoms with Crippen LogP contribution in [0.5, 0.6) is 0 Å². The molecular formula is C10H9F3N2O. The number of aromatic nitrogens is 2. The average Bonchev–Trinajstić information content (AvgIpc) is 2.64. The Morgan fingerprint density at radius 3 is 2.75 bits per heavy atom. The van der Waals surface area contributed by atoms with Crippen LogP contribution in [0.4, 0.5) is 13.2 Å². The number of fused-ring (bicyclic) bond motifs is 1. The first-order valence-corrected chi connectivity index (χ1v) is 4.65. The summed E-state index contributed by atoms with van der Waals surface area (Å²) in [5.74, 6) is 0. The maximum Gasteiger partial charge on any atom is 0.417 e. The lowest BCUT2D eigenvalue weighted by molar-refractivity contribution is -0.137. The fraction of sp³-hybridized carbons (Fsp3) is 0.300. The number of pyridine rings is 1. The molecule has 0 aliphatic heterocycles. The second-order valence-electron chi connectivity index (χ2n) is 3.41. The molecule has 1 N–H and O–H groups in total. The summed E-state index contributed by atoms with van der Waals surface area (Å²) in [5, 5.41) is 8.80. The molecule has 0 atom stereocenters. The number of rotatable bonds is 2. The van der Waals surface area contributed by atoms with Crippen LogP contribution in [-0.4, -0.2) is 21.1 Å². The predicted octanol–water partition coefficient (Wildman–Crippen LogP) is 1.89. The molecule has 0 unspecified atom stereocenters. The first-order valence-electron chi connectivity index (χ1n) is 4.65. The lowest BCUT2D eigenvalue weighted by atomic mass is 10.1. The number of nitrogens with zero attached hydrogens (tertiary/aromatic N) is 2. The van der Waals surface area contributed by atoms with Crippen LogP contribution < -0.4 is 0 Å². The number of aliphatic hydroxyl groups excluding tert-OH is 1. The zero-order valence-corrected chi connectivity index (χ0v) is 8.20. The van der Waals surface area contributed by atoms with E-state index in [1.165, 1.54) is 16.9 Å². The number of hydrogen-bond donors (Lipinski definition) is 1. The molecule has 3 nitrogen and oxygen atoms in total. The van der Waals surface area contributed by atoms with E-state index in [-0.39, 0.29) is 13.0 Å². The normalized spacial score (nSPS) is 12.2. The lowest BCUT2D eigenvalue weighted by Gasteiger charge is -2.10. The Bertz CT molecular complexity index is 504. The van der Waals surface area contributed by atoms with Crippen molar-refractivity contribution in [1.29, 1.82) is 0 Å². The van der Waals surface area contributed by atoms with Crippen LogP contribution >= 0.6 is 0 Å². The van der Waals surface area contributed by atoms with Crippen molar-refractivity contribution in [2.75, 3.05) is 6.61 Å². The molecule has 0 amide bonds. The Labute approximate surface area is 89.2 Å². The van der Waals surface area contributed by atoms with Gasteiger partial charge in [0.25, 0.3) is 0 Å². The van der Waals surface area contributed by atoms with Gasteiger partial charge in [-0.2, -0.15) is 13.2 Å². The SMILES string of the molecule is OCCc1cc(C(F)(F)F)cn2cncc12. The highest BCUT2D eigenvalue weighted by Crippen LogP contribution is 2.30. The van der Waals surface area contributed by atoms with Crippen molar-refractivity contribution in [3.63, 3.8) is 0 Å². The van der Waals surface area contributed by atoms with Gasteiger partial charge in [0.05, 0.1) is 23.6 Å². The summed E-state index contributed by atoms with van der Waals surface area (Å²) < 4.78 is 39.0. The smallest absolute Gasteiger partial charge is 0.396 e. The van der Waals surface area contributed by atoms with Crippen LogP contribution in [0.1, 0.15) is 11.1 Å². The maximum atomic E-state index is 12.5. The fourth-order valence-corrected chi connectivity index (χ4v) is 1.58. The molecule has 16 heavy (non-hydrogen) atoms. The minimum atomic E-state index is -4.39. The van der Waals surface area contributed by atoms with Crippen molar-refractivity contribution in [2.24, 2.45) is 0 Å². The van der Waals surface area contributed by atoms with Crippen molar-refractivity contribution in [3.05, 3.63) is 35.9 Å². The van der Waals surface area contributed by atoms with Crippen molar-refractivity contribution < 1.29 is 18.3 Å². The quantitative estimate of drug-likeness (QED) is 0.855. The van der Waals surface area contributed by atoms with Gasteiger partial charge >= 0.3 is 6.18 Å². The molecule has 2 heterocycles. The third-order valence-corrected chi connectivity index (χ3v) is 2.31. The molecule has 2 aromatic heterocycles. The van der Waals surface area contributed by atoms with E-state index in [0.29, 0.717) is 11.1 Å². The minimum Gasteiger partial charge on any atom is -0.396 e. The Morgan fingerprint density at radius 2 is 2.12 bits per heavy atom. The van der Waals surface area contributed by atoms with Gasteiger partial charge in [-0.1, -0.05) is 0 Å². The van der Waals surface area contributed by atoms with Crippen molar-refractivity contribution in [3.8, 4) is 0 Å². The second kappa shape index (κ2) is 3.79. The predicted molar refractivity (Wildman–Crippen MR) is 51.0 cm³/mol. The van der Waals surface area contributed by atoms with Gasteiger partial charge in [-0.15, -0.1) is 0 Å². The number of halogens is 3. The Balaban J connectivity index is 2.61. The zero-order chi connectivity index (χ0) is 11.8. The first kappa shape index (κ1) is 10.9. The number of hydrogen-bond acceptors (Lipinski definition) is 2. The van der Waals surface area contributed by atoms with Crippen LogP contribution in [0.15, 0.2) is 24.8 Å². The molecule has 0 saturated heterocycles. The molecule has 0 aliphatic rings. The molecule has 6 heteroatoms. The molecule has 0 bridgehead atoms. The van der Waals surface area contributed by atoms with Gasteiger partial charge in [0.2, 0.25) is 0 Å². The molecule has 86 valence electrons. The number of aliphatic hydroxyl groups is 1. The number of alkyl halides is 3. The van der Waals surface area contributed by atoms with E-state index >= 15 is 0 Å². The minimum absolute atomic E-state index is 0.180. The van der Waals surface area contributed by atoms with E-state index in [1.807, 2.05) is 0 Å². The monoisotopic (exact) mass is 230 g/mol. The highest BCUT2D eigenvalue weighted by atomic mass is 19.4. The summed E-state index contributed by atoms with van der Waals surface area (Å²) in [6.45, 7) is -0.192. The van der Waals surface area contributed by atoms with E-state index in [2.05, 4.69) is 4.98 Å². The highest BCUT2D eigenvalue weighted by Gasteiger charge is 2.31. The van der Waals surface area contributed by atoms with Gasteiger partial charge in [0.15, 0.2) is 0 Å². The Morgan fingerprint density at radius 1 is 1.38 bits per heavy atom. The van der Waals surface area contributed by atoms with Crippen LogP contribution in [0.2, 0.25) is 0 Å². The largest absolute Gasteiger partial charge is 0.417 e. The van der Waals surface area contributed by atoms with Gasteiger partial charge < -0.3 is 9.51 Å². The molecule has 2 rings (SSSR count). The van der Waals surface area contributed by atoms with Gasteiger partial charge in [0.1, 0.15) is 0 Å². The maximum absolute atomic E-state index is 12.5. The van der Waals surface area contributed by atoms with Crippen molar-refractivity contribution in [1.82, 2.24) is 9.38 Å². The standard InChI is InChI=1S/C10H9F3N2O/c11-10(12,13)8-3-7(1-2-16)9-4-14-6-15(9)5-8/h3-6,16H,1-2H2. The molecule has 0 radical (unpaired) electrons. The van der Waals surface area contributed by atoms with Crippen molar-refractivity contribution in [2.45, 2.75) is 12.6 Å². The van der Waals surface area contributed by atoms with Gasteiger partial charge in [0, 0.05) is 12.8 Å². The van der Waals surface area contributed by atoms with E-state index in [1.54, 1.807) is 0 Å². The van der Waals surface area contributed by atoms with Gasteiger partial charge in [-0.25, -0.2) is 4.98 Å². The topological polar surface area (TPSA) is 37.5 Å². The Kier molecular flexibility index (Phi) is 2.59. The molecule has 0 spiro atoms. The van der Waals surface area contributed by atoms with Crippen LogP contribution in [-0.2, 0) is 12.6 Å². The lowest BCUT2D eigenvalue weighted by Crippen LogP contribution is -2.08. The van der Waals surface area contributed by atoms with Crippen molar-refractivity contribution >= 4 is 5.52 Å². The molecule has 2 aromatic rings. The summed E-state index contributed by atoms with van der Waals surface area (Å²) in [7, 11) is 0. The summed E-state index contributed by atoms with van der Waals surface area (Å²) >= 11 is 0. The van der Waals surface area contributed by atoms with E-state index in [4.69, 9.17) is 5.11 Å². The van der Waals surface area contributed by atoms with E-state index in [0.717, 1.165) is 12.3 Å². The van der Waals surface area contributed by atoms with E-state index < -0.39 is 11.7 Å². The van der Waals surface area contributed by atoms with Gasteiger partial charge in [-0.3, -0.25) is 0 Å².